The number of benzene rings is 2. The molecule has 3 aromatic rings. The second-order valence-electron chi connectivity index (χ2n) is 4.74. The number of aromatic nitrogens is 2. The molecule has 4 heteroatoms. The lowest BCUT2D eigenvalue weighted by molar-refractivity contribution is 0.677. The Bertz CT molecular complexity index is 733. The SMILES string of the molecule is CNCc1nn(Cc2ccccc2Cl)c2ccccc12. The summed E-state index contributed by atoms with van der Waals surface area (Å²) in [6.45, 7) is 1.44. The van der Waals surface area contributed by atoms with Crippen molar-refractivity contribution >= 4 is 22.5 Å². The van der Waals surface area contributed by atoms with Crippen molar-refractivity contribution in [3.8, 4) is 0 Å². The number of nitrogens with one attached hydrogen (secondary N) is 1. The minimum absolute atomic E-state index is 0.684. The van der Waals surface area contributed by atoms with Crippen LogP contribution in [0.2, 0.25) is 5.02 Å². The summed E-state index contributed by atoms with van der Waals surface area (Å²) in [5.41, 5.74) is 3.28. The van der Waals surface area contributed by atoms with E-state index in [1.807, 2.05) is 48.1 Å². The molecular formula is C16H16ClN3. The normalized spacial score (nSPS) is 11.1. The molecule has 0 unspecified atom stereocenters. The van der Waals surface area contributed by atoms with E-state index in [4.69, 9.17) is 16.7 Å². The Kier molecular flexibility index (Phi) is 3.72. The average molecular weight is 286 g/mol. The van der Waals surface area contributed by atoms with Gasteiger partial charge in [-0.1, -0.05) is 48.0 Å². The second kappa shape index (κ2) is 5.65. The first-order valence-corrected chi connectivity index (χ1v) is 7.00. The van der Waals surface area contributed by atoms with Gasteiger partial charge in [0.25, 0.3) is 0 Å². The maximum absolute atomic E-state index is 6.24. The molecule has 0 saturated heterocycles. The van der Waals surface area contributed by atoms with Gasteiger partial charge in [0.05, 0.1) is 17.8 Å². The van der Waals surface area contributed by atoms with Gasteiger partial charge in [-0.05, 0) is 24.7 Å². The van der Waals surface area contributed by atoms with E-state index < -0.39 is 0 Å². The lowest BCUT2D eigenvalue weighted by atomic mass is 10.2. The molecule has 0 spiro atoms. The van der Waals surface area contributed by atoms with Crippen LogP contribution in [0.3, 0.4) is 0 Å². The average Bonchev–Trinajstić information content (AvgIpc) is 2.81. The first-order chi connectivity index (χ1) is 9.79. The third-order valence-corrected chi connectivity index (χ3v) is 3.73. The van der Waals surface area contributed by atoms with Crippen molar-refractivity contribution in [1.29, 1.82) is 0 Å². The van der Waals surface area contributed by atoms with Crippen LogP contribution in [0.1, 0.15) is 11.3 Å². The molecule has 0 atom stereocenters. The van der Waals surface area contributed by atoms with E-state index in [0.717, 1.165) is 28.3 Å². The zero-order valence-electron chi connectivity index (χ0n) is 11.3. The fourth-order valence-electron chi connectivity index (χ4n) is 2.40. The number of halogens is 1. The van der Waals surface area contributed by atoms with Gasteiger partial charge >= 0.3 is 0 Å². The van der Waals surface area contributed by atoms with Gasteiger partial charge in [-0.2, -0.15) is 5.10 Å². The summed E-state index contributed by atoms with van der Waals surface area (Å²) in [5.74, 6) is 0. The van der Waals surface area contributed by atoms with E-state index >= 15 is 0 Å². The van der Waals surface area contributed by atoms with Crippen molar-refractivity contribution in [1.82, 2.24) is 15.1 Å². The molecule has 3 nitrogen and oxygen atoms in total. The highest BCUT2D eigenvalue weighted by Crippen LogP contribution is 2.22. The molecule has 3 rings (SSSR count). The Balaban J connectivity index is 2.05. The summed E-state index contributed by atoms with van der Waals surface area (Å²) in [5, 5.41) is 9.84. The summed E-state index contributed by atoms with van der Waals surface area (Å²) in [7, 11) is 1.93. The van der Waals surface area contributed by atoms with Gasteiger partial charge in [0, 0.05) is 17.0 Å². The maximum Gasteiger partial charge on any atom is 0.0841 e. The molecule has 20 heavy (non-hydrogen) atoms. The lowest BCUT2D eigenvalue weighted by Crippen LogP contribution is -2.07. The highest BCUT2D eigenvalue weighted by molar-refractivity contribution is 6.31. The van der Waals surface area contributed by atoms with Gasteiger partial charge < -0.3 is 5.32 Å². The van der Waals surface area contributed by atoms with Crippen LogP contribution in [0.4, 0.5) is 0 Å². The van der Waals surface area contributed by atoms with Gasteiger partial charge in [0.1, 0.15) is 0 Å². The van der Waals surface area contributed by atoms with Gasteiger partial charge in [0.15, 0.2) is 0 Å². The third kappa shape index (κ3) is 2.42. The topological polar surface area (TPSA) is 29.9 Å². The molecule has 1 heterocycles. The Morgan fingerprint density at radius 3 is 2.65 bits per heavy atom. The predicted molar refractivity (Wildman–Crippen MR) is 83.1 cm³/mol. The summed E-state index contributed by atoms with van der Waals surface area (Å²) < 4.78 is 2.02. The van der Waals surface area contributed by atoms with Crippen LogP contribution in [-0.4, -0.2) is 16.8 Å². The Morgan fingerprint density at radius 2 is 1.85 bits per heavy atom. The molecule has 0 aliphatic heterocycles. The molecule has 0 saturated carbocycles. The van der Waals surface area contributed by atoms with E-state index in [-0.39, 0.29) is 0 Å². The fraction of sp³-hybridized carbons (Fsp3) is 0.188. The van der Waals surface area contributed by atoms with Crippen molar-refractivity contribution in [2.24, 2.45) is 0 Å². The van der Waals surface area contributed by atoms with Crippen LogP contribution in [0.15, 0.2) is 48.5 Å². The highest BCUT2D eigenvalue weighted by Gasteiger charge is 2.10. The van der Waals surface area contributed by atoms with Crippen molar-refractivity contribution in [3.05, 3.63) is 64.8 Å². The lowest BCUT2D eigenvalue weighted by Gasteiger charge is -2.05. The Labute approximate surface area is 123 Å². The first kappa shape index (κ1) is 13.2. The number of rotatable bonds is 4. The summed E-state index contributed by atoms with van der Waals surface area (Å²) in [6, 6.07) is 16.2. The van der Waals surface area contributed by atoms with Crippen molar-refractivity contribution in [2.45, 2.75) is 13.1 Å². The molecule has 0 aliphatic carbocycles. The summed E-state index contributed by atoms with van der Waals surface area (Å²) in [4.78, 5) is 0. The molecule has 0 radical (unpaired) electrons. The number of hydrogen-bond acceptors (Lipinski definition) is 2. The quantitative estimate of drug-likeness (QED) is 0.796. The Hall–Kier alpha value is -1.84. The van der Waals surface area contributed by atoms with E-state index in [1.165, 1.54) is 5.39 Å². The molecule has 0 fully saturated rings. The monoisotopic (exact) mass is 285 g/mol. The van der Waals surface area contributed by atoms with Crippen LogP contribution in [0.5, 0.6) is 0 Å². The molecule has 0 aliphatic rings. The predicted octanol–water partition coefficient (Wildman–Crippen LogP) is 3.46. The third-order valence-electron chi connectivity index (χ3n) is 3.36. The van der Waals surface area contributed by atoms with Gasteiger partial charge in [-0.15, -0.1) is 0 Å². The molecule has 102 valence electrons. The number of nitrogens with zero attached hydrogens (tertiary/aromatic N) is 2. The molecular weight excluding hydrogens is 270 g/mol. The first-order valence-electron chi connectivity index (χ1n) is 6.62. The second-order valence-corrected chi connectivity index (χ2v) is 5.15. The van der Waals surface area contributed by atoms with E-state index in [1.54, 1.807) is 0 Å². The number of fused-ring (bicyclic) bond motifs is 1. The van der Waals surface area contributed by atoms with Crippen LogP contribution in [-0.2, 0) is 13.1 Å². The van der Waals surface area contributed by atoms with Crippen LogP contribution >= 0.6 is 11.6 Å². The van der Waals surface area contributed by atoms with Gasteiger partial charge in [-0.25, -0.2) is 0 Å². The standard InChI is InChI=1S/C16H16ClN3/c1-18-10-15-13-7-3-5-9-16(13)20(19-15)11-12-6-2-4-8-14(12)17/h2-9,18H,10-11H2,1H3. The number of hydrogen-bond donors (Lipinski definition) is 1. The molecule has 1 aromatic heterocycles. The largest absolute Gasteiger partial charge is 0.314 e. The highest BCUT2D eigenvalue weighted by atomic mass is 35.5. The minimum Gasteiger partial charge on any atom is -0.314 e. The molecule has 0 amide bonds. The van der Waals surface area contributed by atoms with Gasteiger partial charge in [-0.3, -0.25) is 4.68 Å². The summed E-state index contributed by atoms with van der Waals surface area (Å²) >= 11 is 6.24. The molecule has 0 bridgehead atoms. The summed E-state index contributed by atoms with van der Waals surface area (Å²) in [6.07, 6.45) is 0. The van der Waals surface area contributed by atoms with Crippen LogP contribution in [0, 0.1) is 0 Å². The fourth-order valence-corrected chi connectivity index (χ4v) is 2.60. The van der Waals surface area contributed by atoms with Gasteiger partial charge in [0.2, 0.25) is 0 Å². The molecule has 2 aromatic carbocycles. The maximum atomic E-state index is 6.24. The van der Waals surface area contributed by atoms with E-state index in [2.05, 4.69) is 17.4 Å². The van der Waals surface area contributed by atoms with Crippen molar-refractivity contribution in [3.63, 3.8) is 0 Å². The van der Waals surface area contributed by atoms with Crippen LogP contribution < -0.4 is 5.32 Å². The minimum atomic E-state index is 0.684. The number of para-hydroxylation sites is 1. The van der Waals surface area contributed by atoms with E-state index in [9.17, 15) is 0 Å². The zero-order chi connectivity index (χ0) is 13.9. The van der Waals surface area contributed by atoms with Crippen LogP contribution in [0.25, 0.3) is 10.9 Å². The zero-order valence-corrected chi connectivity index (χ0v) is 12.1. The van der Waals surface area contributed by atoms with Crippen molar-refractivity contribution in [2.75, 3.05) is 7.05 Å². The smallest absolute Gasteiger partial charge is 0.0841 e. The van der Waals surface area contributed by atoms with E-state index in [0.29, 0.717) is 6.54 Å². The van der Waals surface area contributed by atoms with Crippen molar-refractivity contribution < 1.29 is 0 Å². The molecule has 1 N–H and O–H groups in total. The Morgan fingerprint density at radius 1 is 1.10 bits per heavy atom.